The van der Waals surface area contributed by atoms with Crippen molar-refractivity contribution in [3.8, 4) is 10.4 Å². The molecule has 0 aliphatic carbocycles. The average Bonchev–Trinajstić information content (AvgIpc) is 3.10. The molecule has 2 aromatic heterocycles. The van der Waals surface area contributed by atoms with E-state index in [-0.39, 0.29) is 5.56 Å². The van der Waals surface area contributed by atoms with Crippen LogP contribution < -0.4 is 5.56 Å². The van der Waals surface area contributed by atoms with Gasteiger partial charge in [0.15, 0.2) is 3.95 Å². The zero-order valence-corrected chi connectivity index (χ0v) is 19.5. The second-order valence-corrected chi connectivity index (χ2v) is 9.90. The van der Waals surface area contributed by atoms with Crippen LogP contribution in [0.3, 0.4) is 0 Å². The second-order valence-electron chi connectivity index (χ2n) is 6.90. The molecule has 0 amide bonds. The number of nitrogens with zero attached hydrogens (tertiary/aromatic N) is 2. The Balaban J connectivity index is 1.90. The molecule has 0 aliphatic heterocycles. The molecule has 7 heteroatoms. The maximum Gasteiger partial charge on any atom is 0.261 e. The Labute approximate surface area is 194 Å². The van der Waals surface area contributed by atoms with Crippen LogP contribution in [0.1, 0.15) is 5.56 Å². The van der Waals surface area contributed by atoms with Gasteiger partial charge in [-0.25, -0.2) is 0 Å². The number of thiazole rings is 1. The lowest BCUT2D eigenvalue weighted by Crippen LogP contribution is -2.23. The molecule has 2 heterocycles. The molecule has 3 nitrogen and oxygen atoms in total. The molecular weight excluding hydrogens is 500 g/mol. The van der Waals surface area contributed by atoms with Crippen LogP contribution in [0.4, 0.5) is 0 Å². The summed E-state index contributed by atoms with van der Waals surface area (Å²) in [5.41, 5.74) is 3.55. The smallest absolute Gasteiger partial charge is 0.261 e. The maximum absolute atomic E-state index is 13.6. The van der Waals surface area contributed by atoms with Crippen molar-refractivity contribution in [3.05, 3.63) is 102 Å². The molecule has 3 aromatic carbocycles. The van der Waals surface area contributed by atoms with E-state index >= 15 is 0 Å². The Morgan fingerprint density at radius 1 is 1.00 bits per heavy atom. The van der Waals surface area contributed by atoms with Crippen LogP contribution >= 0.6 is 51.1 Å². The molecule has 148 valence electrons. The summed E-state index contributed by atoms with van der Waals surface area (Å²) in [6, 6.07) is 23.3. The largest absolute Gasteiger partial charge is 0.288 e. The van der Waals surface area contributed by atoms with Gasteiger partial charge in [-0.2, -0.15) is 0 Å². The van der Waals surface area contributed by atoms with E-state index in [0.717, 1.165) is 31.6 Å². The number of halogens is 2. The van der Waals surface area contributed by atoms with Gasteiger partial charge >= 0.3 is 0 Å². The first kappa shape index (κ1) is 19.7. The van der Waals surface area contributed by atoms with Crippen LogP contribution in [-0.4, -0.2) is 8.97 Å². The summed E-state index contributed by atoms with van der Waals surface area (Å²) in [7, 11) is 0. The molecule has 0 bridgehead atoms. The number of para-hydroxylation sites is 1. The van der Waals surface area contributed by atoms with E-state index in [1.807, 2.05) is 81.8 Å². The van der Waals surface area contributed by atoms with E-state index in [2.05, 4.69) is 15.9 Å². The normalized spacial score (nSPS) is 11.4. The van der Waals surface area contributed by atoms with Crippen LogP contribution in [-0.2, 0) is 6.54 Å². The topological polar surface area (TPSA) is 26.4 Å². The molecule has 0 saturated heterocycles. The van der Waals surface area contributed by atoms with Gasteiger partial charge in [0.25, 0.3) is 5.56 Å². The number of benzene rings is 3. The van der Waals surface area contributed by atoms with Crippen LogP contribution in [0, 0.1) is 3.95 Å². The monoisotopic (exact) mass is 512 g/mol. The molecule has 0 saturated carbocycles. The standard InChI is InChI=1S/C23H14BrClN2OS2/c24-16-10-8-14(9-11-16)13-26-21-20(15-4-3-5-17(25)12-15)30-23(29)27(21)19-7-2-1-6-18(19)22(26)28/h1-12H,13H2. The van der Waals surface area contributed by atoms with Crippen molar-refractivity contribution < 1.29 is 0 Å². The summed E-state index contributed by atoms with van der Waals surface area (Å²) in [6.07, 6.45) is 0. The Morgan fingerprint density at radius 2 is 1.77 bits per heavy atom. The minimum atomic E-state index is -0.0374. The van der Waals surface area contributed by atoms with Gasteiger partial charge in [0, 0.05) is 9.50 Å². The fourth-order valence-electron chi connectivity index (χ4n) is 3.65. The summed E-state index contributed by atoms with van der Waals surface area (Å²) >= 11 is 17.0. The molecular formula is C23H14BrClN2OS2. The summed E-state index contributed by atoms with van der Waals surface area (Å²) in [5, 5.41) is 1.29. The molecule has 0 unspecified atom stereocenters. The van der Waals surface area contributed by atoms with E-state index in [9.17, 15) is 4.79 Å². The van der Waals surface area contributed by atoms with Gasteiger partial charge in [-0.05, 0) is 59.7 Å². The van der Waals surface area contributed by atoms with Crippen LogP contribution in [0.5, 0.6) is 0 Å². The van der Waals surface area contributed by atoms with E-state index in [4.69, 9.17) is 23.8 Å². The van der Waals surface area contributed by atoms with Crippen molar-refractivity contribution in [1.82, 2.24) is 8.97 Å². The molecule has 0 fully saturated rings. The van der Waals surface area contributed by atoms with Crippen LogP contribution in [0.25, 0.3) is 27.0 Å². The SMILES string of the molecule is O=c1c2ccccc2n2c(=S)sc(-c3cccc(Cl)c3)c2n1Cc1ccc(Br)cc1. The highest BCUT2D eigenvalue weighted by atomic mass is 79.9. The zero-order chi connectivity index (χ0) is 20.8. The van der Waals surface area contributed by atoms with Crippen molar-refractivity contribution in [2.75, 3.05) is 0 Å². The van der Waals surface area contributed by atoms with Gasteiger partial charge in [0.2, 0.25) is 0 Å². The molecule has 5 aromatic rings. The zero-order valence-electron chi connectivity index (χ0n) is 15.5. The van der Waals surface area contributed by atoms with Crippen molar-refractivity contribution >= 4 is 67.6 Å². The molecule has 0 N–H and O–H groups in total. The minimum Gasteiger partial charge on any atom is -0.288 e. The maximum atomic E-state index is 13.6. The van der Waals surface area contributed by atoms with E-state index in [1.165, 1.54) is 11.3 Å². The second kappa shape index (κ2) is 7.78. The highest BCUT2D eigenvalue weighted by Gasteiger charge is 2.18. The minimum absolute atomic E-state index is 0.0374. The Kier molecular flexibility index (Phi) is 5.11. The van der Waals surface area contributed by atoms with E-state index in [0.29, 0.717) is 20.9 Å². The van der Waals surface area contributed by atoms with Gasteiger partial charge in [-0.1, -0.05) is 63.9 Å². The summed E-state index contributed by atoms with van der Waals surface area (Å²) in [5.74, 6) is 0. The number of aromatic nitrogens is 2. The highest BCUT2D eigenvalue weighted by molar-refractivity contribution is 9.10. The van der Waals surface area contributed by atoms with Crippen molar-refractivity contribution in [2.24, 2.45) is 0 Å². The molecule has 0 spiro atoms. The Hall–Kier alpha value is -2.25. The highest BCUT2D eigenvalue weighted by Crippen LogP contribution is 2.34. The predicted molar refractivity (Wildman–Crippen MR) is 132 cm³/mol. The van der Waals surface area contributed by atoms with E-state index < -0.39 is 0 Å². The number of hydrogen-bond acceptors (Lipinski definition) is 3. The third-order valence-electron chi connectivity index (χ3n) is 5.00. The number of hydrogen-bond donors (Lipinski definition) is 0. The fourth-order valence-corrected chi connectivity index (χ4v) is 5.53. The Morgan fingerprint density at radius 3 is 2.53 bits per heavy atom. The molecule has 0 atom stereocenters. The van der Waals surface area contributed by atoms with Gasteiger partial charge in [-0.15, -0.1) is 11.3 Å². The lowest BCUT2D eigenvalue weighted by Gasteiger charge is -2.13. The lowest BCUT2D eigenvalue weighted by molar-refractivity contribution is 0.780. The lowest BCUT2D eigenvalue weighted by atomic mass is 10.1. The van der Waals surface area contributed by atoms with Gasteiger partial charge in [0.05, 0.1) is 22.3 Å². The summed E-state index contributed by atoms with van der Waals surface area (Å²) in [4.78, 5) is 14.5. The van der Waals surface area contributed by atoms with Gasteiger partial charge in [-0.3, -0.25) is 13.8 Å². The Bertz CT molecular complexity index is 1530. The van der Waals surface area contributed by atoms with Crippen LogP contribution in [0.2, 0.25) is 5.02 Å². The first-order valence-electron chi connectivity index (χ1n) is 9.20. The average molecular weight is 514 g/mol. The first-order valence-corrected chi connectivity index (χ1v) is 11.6. The third-order valence-corrected chi connectivity index (χ3v) is 7.18. The summed E-state index contributed by atoms with van der Waals surface area (Å²) in [6.45, 7) is 0.444. The fraction of sp³-hybridized carbons (Fsp3) is 0.0435. The van der Waals surface area contributed by atoms with Crippen LogP contribution in [0.15, 0.2) is 82.1 Å². The van der Waals surface area contributed by atoms with Crippen molar-refractivity contribution in [1.29, 1.82) is 0 Å². The quantitative estimate of drug-likeness (QED) is 0.239. The molecule has 30 heavy (non-hydrogen) atoms. The van der Waals surface area contributed by atoms with Gasteiger partial charge in [0.1, 0.15) is 5.65 Å². The van der Waals surface area contributed by atoms with Gasteiger partial charge < -0.3 is 0 Å². The first-order chi connectivity index (χ1) is 14.5. The molecule has 0 radical (unpaired) electrons. The van der Waals surface area contributed by atoms with Crippen molar-refractivity contribution in [3.63, 3.8) is 0 Å². The summed E-state index contributed by atoms with van der Waals surface area (Å²) < 4.78 is 5.51. The predicted octanol–water partition coefficient (Wildman–Crippen LogP) is 7.18. The van der Waals surface area contributed by atoms with Crippen molar-refractivity contribution in [2.45, 2.75) is 6.54 Å². The number of rotatable bonds is 3. The van der Waals surface area contributed by atoms with E-state index in [1.54, 1.807) is 0 Å². The number of fused-ring (bicyclic) bond motifs is 3. The molecule has 0 aliphatic rings. The molecule has 5 rings (SSSR count). The third kappa shape index (κ3) is 3.34.